The van der Waals surface area contributed by atoms with Gasteiger partial charge in [-0.3, -0.25) is 4.79 Å². The van der Waals surface area contributed by atoms with Crippen LogP contribution in [0.2, 0.25) is 0 Å². The second-order valence-electron chi connectivity index (χ2n) is 5.52. The standard InChI is InChI=1S/C15H17N7O3/c16-7-10-1-3-11(4-2-10)25-13-9-24-6-5-12(13)18-14(23)8-22-15(17)19-20-21-22/h1-4,12-13H,5-6,8-9H2,(H,18,23)(H2,17,19,21)/t12-,13-/m1/s1. The van der Waals surface area contributed by atoms with Crippen LogP contribution in [-0.2, 0) is 16.1 Å². The summed E-state index contributed by atoms with van der Waals surface area (Å²) in [5.74, 6) is 0.422. The molecule has 1 aliphatic heterocycles. The van der Waals surface area contributed by atoms with E-state index in [4.69, 9.17) is 20.5 Å². The Morgan fingerprint density at radius 2 is 2.28 bits per heavy atom. The van der Waals surface area contributed by atoms with E-state index in [2.05, 4.69) is 26.9 Å². The number of hydrogen-bond donors (Lipinski definition) is 2. The normalized spacial score (nSPS) is 19.8. The first-order valence-corrected chi connectivity index (χ1v) is 7.71. The molecular formula is C15H17N7O3. The van der Waals surface area contributed by atoms with E-state index in [0.29, 0.717) is 30.9 Å². The first kappa shape index (κ1) is 16.7. The maximum atomic E-state index is 12.2. The number of anilines is 1. The molecule has 25 heavy (non-hydrogen) atoms. The van der Waals surface area contributed by atoms with Crippen molar-refractivity contribution in [1.29, 1.82) is 5.26 Å². The number of aromatic nitrogens is 4. The van der Waals surface area contributed by atoms with Crippen LogP contribution < -0.4 is 15.8 Å². The van der Waals surface area contributed by atoms with Crippen molar-refractivity contribution in [3.05, 3.63) is 29.8 Å². The molecule has 3 rings (SSSR count). The van der Waals surface area contributed by atoms with E-state index < -0.39 is 0 Å². The number of carbonyl (C=O) groups excluding carboxylic acids is 1. The molecule has 1 aromatic heterocycles. The molecule has 2 atom stereocenters. The number of tetrazole rings is 1. The molecule has 1 aliphatic rings. The summed E-state index contributed by atoms with van der Waals surface area (Å²) in [5.41, 5.74) is 6.11. The van der Waals surface area contributed by atoms with Gasteiger partial charge >= 0.3 is 0 Å². The van der Waals surface area contributed by atoms with Crippen molar-refractivity contribution >= 4 is 11.9 Å². The van der Waals surface area contributed by atoms with Gasteiger partial charge in [-0.05, 0) is 41.1 Å². The molecule has 130 valence electrons. The van der Waals surface area contributed by atoms with Gasteiger partial charge < -0.3 is 20.5 Å². The molecule has 1 fully saturated rings. The van der Waals surface area contributed by atoms with Gasteiger partial charge in [-0.25, -0.2) is 4.68 Å². The number of nitrogen functional groups attached to an aromatic ring is 1. The topological polar surface area (TPSA) is 141 Å². The van der Waals surface area contributed by atoms with Gasteiger partial charge in [0.05, 0.1) is 24.3 Å². The number of ether oxygens (including phenoxy) is 2. The average Bonchev–Trinajstić information content (AvgIpc) is 3.02. The summed E-state index contributed by atoms with van der Waals surface area (Å²) in [7, 11) is 0. The predicted octanol–water partition coefficient (Wildman–Crippen LogP) is -0.520. The van der Waals surface area contributed by atoms with Gasteiger partial charge in [-0.2, -0.15) is 5.26 Å². The molecule has 2 heterocycles. The van der Waals surface area contributed by atoms with Crippen molar-refractivity contribution in [2.45, 2.75) is 25.1 Å². The summed E-state index contributed by atoms with van der Waals surface area (Å²) in [4.78, 5) is 12.2. The Hall–Kier alpha value is -3.19. The number of amides is 1. The molecule has 10 heteroatoms. The van der Waals surface area contributed by atoms with Gasteiger partial charge in [0, 0.05) is 6.61 Å². The molecule has 3 N–H and O–H groups in total. The number of nitrogens with two attached hydrogens (primary N) is 1. The molecule has 0 radical (unpaired) electrons. The minimum Gasteiger partial charge on any atom is -0.486 e. The Kier molecular flexibility index (Phi) is 5.06. The smallest absolute Gasteiger partial charge is 0.242 e. The quantitative estimate of drug-likeness (QED) is 0.738. The summed E-state index contributed by atoms with van der Waals surface area (Å²) in [6.45, 7) is 0.822. The zero-order chi connectivity index (χ0) is 17.6. The van der Waals surface area contributed by atoms with Crippen molar-refractivity contribution in [2.75, 3.05) is 18.9 Å². The first-order chi connectivity index (χ1) is 12.2. The van der Waals surface area contributed by atoms with Gasteiger partial charge in [0.25, 0.3) is 0 Å². The third kappa shape index (κ3) is 4.21. The monoisotopic (exact) mass is 343 g/mol. The van der Waals surface area contributed by atoms with Crippen molar-refractivity contribution in [3.8, 4) is 11.8 Å². The van der Waals surface area contributed by atoms with E-state index in [1.165, 1.54) is 4.68 Å². The van der Waals surface area contributed by atoms with E-state index in [0.717, 1.165) is 0 Å². The van der Waals surface area contributed by atoms with Gasteiger partial charge in [0.1, 0.15) is 18.4 Å². The number of rotatable bonds is 5. The SMILES string of the molecule is N#Cc1ccc(O[C@@H]2COCC[C@H]2NC(=O)Cn2nnnc2N)cc1. The Bertz CT molecular complexity index is 768. The number of hydrogen-bond acceptors (Lipinski definition) is 8. The Balaban J connectivity index is 1.61. The second-order valence-corrected chi connectivity index (χ2v) is 5.52. The maximum Gasteiger partial charge on any atom is 0.242 e. The first-order valence-electron chi connectivity index (χ1n) is 7.71. The molecule has 0 bridgehead atoms. The highest BCUT2D eigenvalue weighted by Gasteiger charge is 2.29. The zero-order valence-corrected chi connectivity index (χ0v) is 13.3. The van der Waals surface area contributed by atoms with Crippen molar-refractivity contribution < 1.29 is 14.3 Å². The van der Waals surface area contributed by atoms with Crippen LogP contribution in [0.1, 0.15) is 12.0 Å². The minimum atomic E-state index is -0.336. The predicted molar refractivity (Wildman–Crippen MR) is 85.2 cm³/mol. The molecule has 0 saturated carbocycles. The molecule has 0 spiro atoms. The molecule has 0 aliphatic carbocycles. The Labute approximate surface area is 143 Å². The molecule has 1 aromatic carbocycles. The van der Waals surface area contributed by atoms with Crippen LogP contribution in [0.3, 0.4) is 0 Å². The van der Waals surface area contributed by atoms with Gasteiger partial charge in [0.15, 0.2) is 0 Å². The summed E-state index contributed by atoms with van der Waals surface area (Å²) < 4.78 is 12.6. The number of benzene rings is 1. The highest BCUT2D eigenvalue weighted by atomic mass is 16.5. The molecular weight excluding hydrogens is 326 g/mol. The summed E-state index contributed by atoms with van der Waals surface area (Å²) in [6.07, 6.45) is 0.287. The van der Waals surface area contributed by atoms with E-state index in [-0.39, 0.29) is 30.5 Å². The molecule has 0 unspecified atom stereocenters. The summed E-state index contributed by atoms with van der Waals surface area (Å²) >= 11 is 0. The summed E-state index contributed by atoms with van der Waals surface area (Å²) in [6, 6.07) is 8.62. The molecule has 1 amide bonds. The highest BCUT2D eigenvalue weighted by Crippen LogP contribution is 2.18. The lowest BCUT2D eigenvalue weighted by Gasteiger charge is -2.32. The third-order valence-electron chi connectivity index (χ3n) is 3.77. The Morgan fingerprint density at radius 3 is 2.96 bits per heavy atom. The lowest BCUT2D eigenvalue weighted by Crippen LogP contribution is -2.52. The third-order valence-corrected chi connectivity index (χ3v) is 3.77. The number of nitriles is 1. The lowest BCUT2D eigenvalue weighted by atomic mass is 10.1. The second kappa shape index (κ2) is 7.59. The van der Waals surface area contributed by atoms with E-state index in [9.17, 15) is 4.79 Å². The van der Waals surface area contributed by atoms with Gasteiger partial charge in [-0.15, -0.1) is 0 Å². The van der Waals surface area contributed by atoms with Crippen molar-refractivity contribution in [1.82, 2.24) is 25.5 Å². The van der Waals surface area contributed by atoms with Crippen LogP contribution in [-0.4, -0.2) is 51.5 Å². The van der Waals surface area contributed by atoms with Crippen LogP contribution in [0.5, 0.6) is 5.75 Å². The van der Waals surface area contributed by atoms with Crippen LogP contribution in [0.4, 0.5) is 5.95 Å². The van der Waals surface area contributed by atoms with E-state index in [1.807, 2.05) is 0 Å². The fourth-order valence-electron chi connectivity index (χ4n) is 2.49. The van der Waals surface area contributed by atoms with Gasteiger partial charge in [0.2, 0.25) is 11.9 Å². The fraction of sp³-hybridized carbons (Fsp3) is 0.400. The van der Waals surface area contributed by atoms with Gasteiger partial charge in [-0.1, -0.05) is 5.10 Å². The fourth-order valence-corrected chi connectivity index (χ4v) is 2.49. The zero-order valence-electron chi connectivity index (χ0n) is 13.3. The molecule has 1 saturated heterocycles. The average molecular weight is 343 g/mol. The van der Waals surface area contributed by atoms with Crippen LogP contribution >= 0.6 is 0 Å². The van der Waals surface area contributed by atoms with Crippen LogP contribution in [0, 0.1) is 11.3 Å². The number of nitrogens with one attached hydrogen (secondary N) is 1. The molecule has 10 nitrogen and oxygen atoms in total. The highest BCUT2D eigenvalue weighted by molar-refractivity contribution is 5.76. The summed E-state index contributed by atoms with van der Waals surface area (Å²) in [5, 5.41) is 22.3. The van der Waals surface area contributed by atoms with Crippen molar-refractivity contribution in [3.63, 3.8) is 0 Å². The Morgan fingerprint density at radius 1 is 1.48 bits per heavy atom. The van der Waals surface area contributed by atoms with Crippen molar-refractivity contribution in [2.24, 2.45) is 0 Å². The number of carbonyl (C=O) groups is 1. The maximum absolute atomic E-state index is 12.2. The number of nitrogens with zero attached hydrogens (tertiary/aromatic N) is 5. The van der Waals surface area contributed by atoms with E-state index in [1.54, 1.807) is 24.3 Å². The molecule has 2 aromatic rings. The van der Waals surface area contributed by atoms with Crippen LogP contribution in [0.15, 0.2) is 24.3 Å². The minimum absolute atomic E-state index is 0.0697. The van der Waals surface area contributed by atoms with E-state index >= 15 is 0 Å². The largest absolute Gasteiger partial charge is 0.486 e. The van der Waals surface area contributed by atoms with Crippen LogP contribution in [0.25, 0.3) is 0 Å². The lowest BCUT2D eigenvalue weighted by molar-refractivity contribution is -0.124.